The standard InChI is InChI=1S/C15H20Br2N2O/c1-3-19-8-4-5-12(19)10-18(2)15(20)13-9-11(16)6-7-14(13)17/h6-7,9,12H,3-5,8,10H2,1-2H3. The van der Waals surface area contributed by atoms with E-state index in [9.17, 15) is 4.79 Å². The van der Waals surface area contributed by atoms with Gasteiger partial charge >= 0.3 is 0 Å². The molecule has 0 saturated carbocycles. The summed E-state index contributed by atoms with van der Waals surface area (Å²) in [5, 5.41) is 0. The Balaban J connectivity index is 2.07. The average Bonchev–Trinajstić information content (AvgIpc) is 2.87. The summed E-state index contributed by atoms with van der Waals surface area (Å²) in [6, 6.07) is 6.20. The Morgan fingerprint density at radius 1 is 1.45 bits per heavy atom. The summed E-state index contributed by atoms with van der Waals surface area (Å²) in [5.74, 6) is 0.0705. The second kappa shape index (κ2) is 7.05. The zero-order valence-electron chi connectivity index (χ0n) is 11.9. The number of likely N-dealkylation sites (N-methyl/N-ethyl adjacent to an activating group) is 2. The zero-order valence-corrected chi connectivity index (χ0v) is 15.1. The second-order valence-corrected chi connectivity index (χ2v) is 7.00. The number of likely N-dealkylation sites (tertiary alicyclic amines) is 1. The number of hydrogen-bond acceptors (Lipinski definition) is 2. The Morgan fingerprint density at radius 3 is 2.90 bits per heavy atom. The average molecular weight is 404 g/mol. The topological polar surface area (TPSA) is 23.6 Å². The molecule has 1 amide bonds. The van der Waals surface area contributed by atoms with Gasteiger partial charge < -0.3 is 4.90 Å². The highest BCUT2D eigenvalue weighted by molar-refractivity contribution is 9.11. The van der Waals surface area contributed by atoms with E-state index in [2.05, 4.69) is 43.7 Å². The molecular formula is C15H20Br2N2O. The molecule has 1 unspecified atom stereocenters. The fourth-order valence-corrected chi connectivity index (χ4v) is 3.56. The van der Waals surface area contributed by atoms with Crippen molar-refractivity contribution in [2.24, 2.45) is 0 Å². The van der Waals surface area contributed by atoms with E-state index in [1.807, 2.05) is 30.1 Å². The third-order valence-electron chi connectivity index (χ3n) is 3.90. The third kappa shape index (κ3) is 3.62. The van der Waals surface area contributed by atoms with E-state index in [0.29, 0.717) is 11.6 Å². The van der Waals surface area contributed by atoms with E-state index in [-0.39, 0.29) is 5.91 Å². The van der Waals surface area contributed by atoms with Gasteiger partial charge in [0.25, 0.3) is 5.91 Å². The van der Waals surface area contributed by atoms with Gasteiger partial charge in [-0.2, -0.15) is 0 Å². The Kier molecular flexibility index (Phi) is 5.64. The van der Waals surface area contributed by atoms with Gasteiger partial charge in [0.15, 0.2) is 0 Å². The van der Waals surface area contributed by atoms with E-state index in [1.54, 1.807) is 0 Å². The van der Waals surface area contributed by atoms with Crippen LogP contribution in [0.5, 0.6) is 0 Å². The van der Waals surface area contributed by atoms with Crippen molar-refractivity contribution in [3.05, 3.63) is 32.7 Å². The van der Waals surface area contributed by atoms with Crippen molar-refractivity contribution in [1.29, 1.82) is 0 Å². The lowest BCUT2D eigenvalue weighted by molar-refractivity contribution is 0.0753. The van der Waals surface area contributed by atoms with Gasteiger partial charge in [0.1, 0.15) is 0 Å². The number of carbonyl (C=O) groups excluding carboxylic acids is 1. The third-order valence-corrected chi connectivity index (χ3v) is 5.08. The van der Waals surface area contributed by atoms with E-state index in [0.717, 1.165) is 28.6 Å². The normalized spacial score (nSPS) is 19.3. The maximum absolute atomic E-state index is 12.6. The molecule has 1 aromatic carbocycles. The SMILES string of the molecule is CCN1CCCC1CN(C)C(=O)c1cc(Br)ccc1Br. The number of amides is 1. The van der Waals surface area contributed by atoms with Crippen LogP contribution in [0.15, 0.2) is 27.1 Å². The summed E-state index contributed by atoms with van der Waals surface area (Å²) in [5.41, 5.74) is 0.711. The highest BCUT2D eigenvalue weighted by atomic mass is 79.9. The minimum absolute atomic E-state index is 0.0705. The Bertz CT molecular complexity index is 493. The molecule has 0 aromatic heterocycles. The van der Waals surface area contributed by atoms with Crippen LogP contribution in [0.2, 0.25) is 0 Å². The van der Waals surface area contributed by atoms with Gasteiger partial charge in [-0.05, 0) is 60.1 Å². The number of halogens is 2. The molecule has 110 valence electrons. The Hall–Kier alpha value is -0.390. The van der Waals surface area contributed by atoms with Crippen molar-refractivity contribution in [1.82, 2.24) is 9.80 Å². The highest BCUT2D eigenvalue weighted by Crippen LogP contribution is 2.24. The van der Waals surface area contributed by atoms with E-state index in [4.69, 9.17) is 0 Å². The molecule has 1 saturated heterocycles. The first-order chi connectivity index (χ1) is 9.52. The number of benzene rings is 1. The van der Waals surface area contributed by atoms with Crippen molar-refractivity contribution in [2.45, 2.75) is 25.8 Å². The van der Waals surface area contributed by atoms with Gasteiger partial charge in [-0.1, -0.05) is 22.9 Å². The summed E-state index contributed by atoms with van der Waals surface area (Å²) < 4.78 is 1.77. The van der Waals surface area contributed by atoms with Crippen LogP contribution in [0.25, 0.3) is 0 Å². The molecule has 1 atom stereocenters. The molecule has 0 bridgehead atoms. The Morgan fingerprint density at radius 2 is 2.20 bits per heavy atom. The molecule has 2 rings (SSSR count). The van der Waals surface area contributed by atoms with E-state index in [1.165, 1.54) is 12.8 Å². The smallest absolute Gasteiger partial charge is 0.254 e. The summed E-state index contributed by atoms with van der Waals surface area (Å²) in [7, 11) is 1.89. The van der Waals surface area contributed by atoms with Crippen molar-refractivity contribution in [3.63, 3.8) is 0 Å². The predicted octanol–water partition coefficient (Wildman–Crippen LogP) is 3.77. The van der Waals surface area contributed by atoms with Crippen LogP contribution in [-0.4, -0.2) is 48.4 Å². The van der Waals surface area contributed by atoms with E-state index < -0.39 is 0 Å². The summed E-state index contributed by atoms with van der Waals surface area (Å²) in [4.78, 5) is 16.9. The van der Waals surface area contributed by atoms with Gasteiger partial charge in [0, 0.05) is 28.6 Å². The summed E-state index contributed by atoms with van der Waals surface area (Å²) >= 11 is 6.88. The highest BCUT2D eigenvalue weighted by Gasteiger charge is 2.26. The number of carbonyl (C=O) groups is 1. The molecule has 20 heavy (non-hydrogen) atoms. The van der Waals surface area contributed by atoms with Gasteiger partial charge in [-0.3, -0.25) is 9.69 Å². The zero-order chi connectivity index (χ0) is 14.7. The van der Waals surface area contributed by atoms with Crippen molar-refractivity contribution < 1.29 is 4.79 Å². The minimum atomic E-state index is 0.0705. The first-order valence-electron chi connectivity index (χ1n) is 6.97. The molecule has 1 heterocycles. The lowest BCUT2D eigenvalue weighted by Crippen LogP contribution is -2.41. The largest absolute Gasteiger partial charge is 0.340 e. The first-order valence-corrected chi connectivity index (χ1v) is 8.56. The van der Waals surface area contributed by atoms with Crippen LogP contribution >= 0.6 is 31.9 Å². The number of rotatable bonds is 4. The molecule has 3 nitrogen and oxygen atoms in total. The summed E-state index contributed by atoms with van der Waals surface area (Å²) in [6.45, 7) is 5.20. The van der Waals surface area contributed by atoms with Crippen molar-refractivity contribution >= 4 is 37.8 Å². The van der Waals surface area contributed by atoms with Crippen molar-refractivity contribution in [2.75, 3.05) is 26.7 Å². The van der Waals surface area contributed by atoms with Gasteiger partial charge in [-0.15, -0.1) is 0 Å². The Labute approximate surface area is 137 Å². The number of hydrogen-bond donors (Lipinski definition) is 0. The lowest BCUT2D eigenvalue weighted by atomic mass is 10.1. The molecule has 0 N–H and O–H groups in total. The van der Waals surface area contributed by atoms with E-state index >= 15 is 0 Å². The van der Waals surface area contributed by atoms with Crippen LogP contribution in [0.4, 0.5) is 0 Å². The number of nitrogens with zero attached hydrogens (tertiary/aromatic N) is 2. The van der Waals surface area contributed by atoms with Crippen LogP contribution in [0.1, 0.15) is 30.1 Å². The lowest BCUT2D eigenvalue weighted by Gasteiger charge is -2.28. The minimum Gasteiger partial charge on any atom is -0.340 e. The molecule has 0 aliphatic carbocycles. The maximum atomic E-state index is 12.6. The monoisotopic (exact) mass is 402 g/mol. The quantitative estimate of drug-likeness (QED) is 0.763. The maximum Gasteiger partial charge on any atom is 0.254 e. The second-order valence-electron chi connectivity index (χ2n) is 5.23. The summed E-state index contributed by atoms with van der Waals surface area (Å²) in [6.07, 6.45) is 2.42. The van der Waals surface area contributed by atoms with Crippen LogP contribution < -0.4 is 0 Å². The fraction of sp³-hybridized carbons (Fsp3) is 0.533. The van der Waals surface area contributed by atoms with Crippen LogP contribution in [0.3, 0.4) is 0 Å². The van der Waals surface area contributed by atoms with Gasteiger partial charge in [-0.25, -0.2) is 0 Å². The molecule has 5 heteroatoms. The molecule has 1 aromatic rings. The fourth-order valence-electron chi connectivity index (χ4n) is 2.78. The van der Waals surface area contributed by atoms with Crippen LogP contribution in [-0.2, 0) is 0 Å². The predicted molar refractivity (Wildman–Crippen MR) is 89.1 cm³/mol. The molecule has 0 radical (unpaired) electrons. The molecule has 1 aliphatic heterocycles. The first kappa shape index (κ1) is 16.0. The molecule has 1 aliphatic rings. The van der Waals surface area contributed by atoms with Crippen molar-refractivity contribution in [3.8, 4) is 0 Å². The van der Waals surface area contributed by atoms with Crippen LogP contribution in [0, 0.1) is 0 Å². The molecule has 1 fully saturated rings. The molecule has 0 spiro atoms. The van der Waals surface area contributed by atoms with Gasteiger partial charge in [0.05, 0.1) is 5.56 Å². The van der Waals surface area contributed by atoms with Gasteiger partial charge in [0.2, 0.25) is 0 Å². The molecular weight excluding hydrogens is 384 g/mol.